The maximum Gasteiger partial charge on any atom is 0.137 e. The molecule has 0 bridgehead atoms. The van der Waals surface area contributed by atoms with Gasteiger partial charge in [0.25, 0.3) is 0 Å². The van der Waals surface area contributed by atoms with E-state index in [0.717, 1.165) is 17.1 Å². The van der Waals surface area contributed by atoms with Crippen molar-refractivity contribution >= 4 is 11.6 Å². The number of pyridine rings is 1. The summed E-state index contributed by atoms with van der Waals surface area (Å²) in [4.78, 5) is 11.7. The van der Waals surface area contributed by atoms with Crippen molar-refractivity contribution in [3.05, 3.63) is 72.3 Å². The molecular weight excluding hydrogens is 260 g/mol. The van der Waals surface area contributed by atoms with Crippen LogP contribution in [0.25, 0.3) is 23.0 Å². The SMILES string of the molecule is N#C/C(=C/c1cnc(-c2ccccc2)[nH]1)c1ccccn1. The molecule has 0 radical (unpaired) electrons. The lowest BCUT2D eigenvalue weighted by Crippen LogP contribution is -1.86. The number of allylic oxidation sites excluding steroid dienone is 1. The average molecular weight is 272 g/mol. The molecule has 0 spiro atoms. The lowest BCUT2D eigenvalue weighted by molar-refractivity contribution is 1.28. The molecule has 0 fully saturated rings. The Morgan fingerprint density at radius 1 is 1.05 bits per heavy atom. The fourth-order valence-electron chi connectivity index (χ4n) is 1.99. The summed E-state index contributed by atoms with van der Waals surface area (Å²) in [5.41, 5.74) is 2.93. The van der Waals surface area contributed by atoms with Gasteiger partial charge in [-0.05, 0) is 18.2 Å². The summed E-state index contributed by atoms with van der Waals surface area (Å²) in [5.74, 6) is 0.778. The average Bonchev–Trinajstić information content (AvgIpc) is 3.03. The second-order valence-electron chi connectivity index (χ2n) is 4.44. The van der Waals surface area contributed by atoms with Gasteiger partial charge in [0.2, 0.25) is 0 Å². The second kappa shape index (κ2) is 5.85. The van der Waals surface area contributed by atoms with Crippen molar-refractivity contribution in [1.29, 1.82) is 5.26 Å². The zero-order valence-corrected chi connectivity index (χ0v) is 11.2. The molecule has 0 amide bonds. The van der Waals surface area contributed by atoms with Crippen molar-refractivity contribution in [1.82, 2.24) is 15.0 Å². The minimum atomic E-state index is 0.499. The molecule has 4 heteroatoms. The smallest absolute Gasteiger partial charge is 0.137 e. The Kier molecular flexibility index (Phi) is 3.57. The summed E-state index contributed by atoms with van der Waals surface area (Å²) < 4.78 is 0. The first-order valence-corrected chi connectivity index (χ1v) is 6.50. The van der Waals surface area contributed by atoms with Crippen molar-refractivity contribution in [2.24, 2.45) is 0 Å². The van der Waals surface area contributed by atoms with Crippen molar-refractivity contribution in [2.45, 2.75) is 0 Å². The van der Waals surface area contributed by atoms with Crippen LogP contribution in [0.2, 0.25) is 0 Å². The number of nitrogens with one attached hydrogen (secondary N) is 1. The Labute approximate surface area is 122 Å². The summed E-state index contributed by atoms with van der Waals surface area (Å²) in [7, 11) is 0. The molecule has 1 aromatic carbocycles. The van der Waals surface area contributed by atoms with Gasteiger partial charge in [-0.3, -0.25) is 4.98 Å². The van der Waals surface area contributed by atoms with Crippen molar-refractivity contribution in [3.8, 4) is 17.5 Å². The van der Waals surface area contributed by atoms with Crippen LogP contribution in [-0.4, -0.2) is 15.0 Å². The summed E-state index contributed by atoms with van der Waals surface area (Å²) in [6, 6.07) is 17.5. The predicted octanol–water partition coefficient (Wildman–Crippen LogP) is 3.54. The molecule has 1 N–H and O–H groups in total. The Morgan fingerprint density at radius 3 is 2.57 bits per heavy atom. The molecule has 0 aliphatic heterocycles. The minimum Gasteiger partial charge on any atom is -0.338 e. The number of benzene rings is 1. The van der Waals surface area contributed by atoms with Gasteiger partial charge in [0, 0.05) is 11.8 Å². The Bertz CT molecular complexity index is 796. The largest absolute Gasteiger partial charge is 0.338 e. The predicted molar refractivity (Wildman–Crippen MR) is 81.7 cm³/mol. The highest BCUT2D eigenvalue weighted by Crippen LogP contribution is 2.18. The normalized spacial score (nSPS) is 11.1. The van der Waals surface area contributed by atoms with E-state index in [1.54, 1.807) is 18.5 Å². The zero-order valence-electron chi connectivity index (χ0n) is 11.2. The third-order valence-corrected chi connectivity index (χ3v) is 3.00. The van der Waals surface area contributed by atoms with E-state index in [0.29, 0.717) is 11.3 Å². The van der Waals surface area contributed by atoms with Gasteiger partial charge in [-0.25, -0.2) is 4.98 Å². The van der Waals surface area contributed by atoms with Crippen LogP contribution < -0.4 is 0 Å². The number of H-pyrrole nitrogens is 1. The molecule has 4 nitrogen and oxygen atoms in total. The molecule has 0 unspecified atom stereocenters. The van der Waals surface area contributed by atoms with Crippen molar-refractivity contribution in [3.63, 3.8) is 0 Å². The highest BCUT2D eigenvalue weighted by molar-refractivity contribution is 5.87. The molecule has 0 aliphatic carbocycles. The number of hydrogen-bond acceptors (Lipinski definition) is 3. The highest BCUT2D eigenvalue weighted by atomic mass is 14.9. The van der Waals surface area contributed by atoms with Gasteiger partial charge >= 0.3 is 0 Å². The van der Waals surface area contributed by atoms with E-state index >= 15 is 0 Å². The van der Waals surface area contributed by atoms with Crippen LogP contribution in [0.4, 0.5) is 0 Å². The number of nitrogens with zero attached hydrogens (tertiary/aromatic N) is 3. The molecule has 3 rings (SSSR count). The van der Waals surface area contributed by atoms with E-state index < -0.39 is 0 Å². The molecular formula is C17H12N4. The Hall–Kier alpha value is -3.19. The van der Waals surface area contributed by atoms with Gasteiger partial charge in [0.15, 0.2) is 0 Å². The number of hydrogen-bond donors (Lipinski definition) is 1. The fourth-order valence-corrected chi connectivity index (χ4v) is 1.99. The number of aromatic amines is 1. The van der Waals surface area contributed by atoms with Crippen molar-refractivity contribution in [2.75, 3.05) is 0 Å². The number of nitriles is 1. The number of aromatic nitrogens is 3. The second-order valence-corrected chi connectivity index (χ2v) is 4.44. The van der Waals surface area contributed by atoms with E-state index in [1.807, 2.05) is 48.5 Å². The lowest BCUT2D eigenvalue weighted by Gasteiger charge is -1.97. The quantitative estimate of drug-likeness (QED) is 0.742. The van der Waals surface area contributed by atoms with Crippen molar-refractivity contribution < 1.29 is 0 Å². The third kappa shape index (κ3) is 2.88. The summed E-state index contributed by atoms with van der Waals surface area (Å²) in [6.45, 7) is 0. The van der Waals surface area contributed by atoms with E-state index in [9.17, 15) is 5.26 Å². The molecule has 3 aromatic rings. The van der Waals surface area contributed by atoms with Gasteiger partial charge in [-0.15, -0.1) is 0 Å². The topological polar surface area (TPSA) is 65.4 Å². The molecule has 2 aromatic heterocycles. The van der Waals surface area contributed by atoms with Gasteiger partial charge in [0.1, 0.15) is 11.9 Å². The van der Waals surface area contributed by atoms with E-state index in [2.05, 4.69) is 21.0 Å². The molecule has 100 valence electrons. The Morgan fingerprint density at radius 2 is 1.86 bits per heavy atom. The van der Waals surface area contributed by atoms with E-state index in [-0.39, 0.29) is 0 Å². The van der Waals surface area contributed by atoms with E-state index in [1.165, 1.54) is 0 Å². The lowest BCUT2D eigenvalue weighted by atomic mass is 10.1. The van der Waals surface area contributed by atoms with Gasteiger partial charge in [0.05, 0.1) is 23.2 Å². The first-order chi connectivity index (χ1) is 10.4. The van der Waals surface area contributed by atoms with Crippen LogP contribution in [-0.2, 0) is 0 Å². The van der Waals surface area contributed by atoms with E-state index in [4.69, 9.17) is 0 Å². The molecule has 2 heterocycles. The van der Waals surface area contributed by atoms with Crippen LogP contribution in [0, 0.1) is 11.3 Å². The summed E-state index contributed by atoms with van der Waals surface area (Å²) in [6.07, 6.45) is 5.13. The van der Waals surface area contributed by atoms with Crippen LogP contribution in [0.15, 0.2) is 60.9 Å². The molecule has 0 aliphatic rings. The monoisotopic (exact) mass is 272 g/mol. The standard InChI is InChI=1S/C17H12N4/c18-11-14(16-8-4-5-9-19-16)10-15-12-20-17(21-15)13-6-2-1-3-7-13/h1-10,12H,(H,20,21)/b14-10-. The Balaban J connectivity index is 1.93. The van der Waals surface area contributed by atoms with Crippen LogP contribution in [0.1, 0.15) is 11.4 Å². The highest BCUT2D eigenvalue weighted by Gasteiger charge is 2.05. The van der Waals surface area contributed by atoms with Crippen LogP contribution in [0.3, 0.4) is 0 Å². The maximum absolute atomic E-state index is 9.27. The van der Waals surface area contributed by atoms with Gasteiger partial charge < -0.3 is 4.98 Å². The summed E-state index contributed by atoms with van der Waals surface area (Å²) in [5, 5.41) is 9.27. The zero-order chi connectivity index (χ0) is 14.5. The van der Waals surface area contributed by atoms with Crippen LogP contribution in [0.5, 0.6) is 0 Å². The molecule has 0 atom stereocenters. The maximum atomic E-state index is 9.27. The molecule has 0 saturated heterocycles. The summed E-state index contributed by atoms with van der Waals surface area (Å²) >= 11 is 0. The van der Waals surface area contributed by atoms with Gasteiger partial charge in [-0.2, -0.15) is 5.26 Å². The van der Waals surface area contributed by atoms with Crippen LogP contribution >= 0.6 is 0 Å². The number of rotatable bonds is 3. The third-order valence-electron chi connectivity index (χ3n) is 3.00. The molecule has 21 heavy (non-hydrogen) atoms. The minimum absolute atomic E-state index is 0.499. The van der Waals surface area contributed by atoms with Gasteiger partial charge in [-0.1, -0.05) is 36.4 Å². The number of imidazole rings is 1. The fraction of sp³-hybridized carbons (Fsp3) is 0. The molecule has 0 saturated carbocycles. The first kappa shape index (κ1) is 12.8. The first-order valence-electron chi connectivity index (χ1n) is 6.50.